The molecule has 2 aliphatic carbocycles. The van der Waals surface area contributed by atoms with Crippen LogP contribution in [-0.2, 0) is 19.2 Å². The van der Waals surface area contributed by atoms with Gasteiger partial charge in [-0.15, -0.1) is 0 Å². The largest absolute Gasteiger partial charge is 1.00 e. The predicted octanol–water partition coefficient (Wildman–Crippen LogP) is -15.9. The number of hydrogen-bond donors (Lipinski definition) is 0. The van der Waals surface area contributed by atoms with E-state index in [4.69, 9.17) is 0 Å². The molecule has 0 radical (unpaired) electrons. The quantitative estimate of drug-likeness (QED) is 0.389. The number of hydrogen-bond acceptors (Lipinski definition) is 8. The van der Waals surface area contributed by atoms with E-state index in [0.717, 1.165) is 0 Å². The van der Waals surface area contributed by atoms with Crippen molar-refractivity contribution in [3.8, 4) is 0 Å². The van der Waals surface area contributed by atoms with E-state index < -0.39 is 47.5 Å². The molecule has 0 aromatic carbocycles. The van der Waals surface area contributed by atoms with Crippen LogP contribution in [0.25, 0.3) is 0 Å². The van der Waals surface area contributed by atoms with Crippen LogP contribution in [0.5, 0.6) is 0 Å². The molecule has 0 aliphatic heterocycles. The second kappa shape index (κ2) is 15.6. The van der Waals surface area contributed by atoms with Crippen molar-refractivity contribution in [1.82, 2.24) is 0 Å². The average molecular weight is 430 g/mol. The van der Waals surface area contributed by atoms with Gasteiger partial charge in [0.25, 0.3) is 0 Å². The van der Waals surface area contributed by atoms with Gasteiger partial charge in [-0.1, -0.05) is 0 Å². The van der Waals surface area contributed by atoms with Crippen molar-refractivity contribution >= 4 is 23.9 Å². The van der Waals surface area contributed by atoms with Gasteiger partial charge in [-0.2, -0.15) is 0 Å². The van der Waals surface area contributed by atoms with Gasteiger partial charge in [-0.3, -0.25) is 0 Å². The molecular formula is C16H18Na4O8. The molecule has 28 heavy (non-hydrogen) atoms. The smallest absolute Gasteiger partial charge is 0.550 e. The first-order chi connectivity index (χ1) is 11.2. The summed E-state index contributed by atoms with van der Waals surface area (Å²) in [5, 5.41) is 44.5. The predicted molar refractivity (Wildman–Crippen MR) is 68.7 cm³/mol. The Morgan fingerprint density at radius 3 is 0.929 bits per heavy atom. The molecule has 0 spiro atoms. The minimum Gasteiger partial charge on any atom is -0.550 e. The van der Waals surface area contributed by atoms with Crippen LogP contribution in [0.15, 0.2) is 0 Å². The number of carbonyl (C=O) groups excluding carboxylic acids is 4. The fourth-order valence-electron chi connectivity index (χ4n) is 4.35. The first kappa shape index (κ1) is 34.5. The molecule has 0 heterocycles. The minimum atomic E-state index is -1.45. The fraction of sp³-hybridized carbons (Fsp3) is 0.750. The van der Waals surface area contributed by atoms with Gasteiger partial charge in [0.05, 0.1) is 0 Å². The molecule has 0 amide bonds. The zero-order chi connectivity index (χ0) is 18.0. The molecule has 12 heteroatoms. The molecule has 134 valence electrons. The molecule has 0 aromatic rings. The average Bonchev–Trinajstić information content (AvgIpc) is 2.53. The van der Waals surface area contributed by atoms with Gasteiger partial charge >= 0.3 is 118 Å². The first-order valence-corrected chi connectivity index (χ1v) is 8.05. The molecule has 2 fully saturated rings. The van der Waals surface area contributed by atoms with E-state index in [1.807, 2.05) is 0 Å². The molecule has 2 rings (SSSR count). The summed E-state index contributed by atoms with van der Waals surface area (Å²) < 4.78 is 0. The summed E-state index contributed by atoms with van der Waals surface area (Å²) in [6.45, 7) is 0. The maximum Gasteiger partial charge on any atom is 1.00 e. The third-order valence-electron chi connectivity index (χ3n) is 5.66. The van der Waals surface area contributed by atoms with Gasteiger partial charge in [0.2, 0.25) is 0 Å². The van der Waals surface area contributed by atoms with Crippen LogP contribution in [0.1, 0.15) is 38.5 Å². The van der Waals surface area contributed by atoms with Crippen molar-refractivity contribution in [2.24, 2.45) is 35.5 Å². The van der Waals surface area contributed by atoms with E-state index in [9.17, 15) is 39.6 Å². The molecule has 0 bridgehead atoms. The molecule has 6 unspecified atom stereocenters. The van der Waals surface area contributed by atoms with E-state index in [1.165, 1.54) is 0 Å². The fourth-order valence-corrected chi connectivity index (χ4v) is 4.35. The maximum atomic E-state index is 11.2. The Morgan fingerprint density at radius 1 is 0.464 bits per heavy atom. The molecule has 2 aliphatic rings. The van der Waals surface area contributed by atoms with Crippen LogP contribution in [0.2, 0.25) is 0 Å². The van der Waals surface area contributed by atoms with Gasteiger partial charge in [0, 0.05) is 47.5 Å². The van der Waals surface area contributed by atoms with Crippen molar-refractivity contribution in [3.05, 3.63) is 0 Å². The zero-order valence-electron chi connectivity index (χ0n) is 17.0. The summed E-state index contributed by atoms with van der Waals surface area (Å²) in [5.74, 6) is -10.7. The van der Waals surface area contributed by atoms with Crippen molar-refractivity contribution in [2.45, 2.75) is 38.5 Å². The summed E-state index contributed by atoms with van der Waals surface area (Å²) in [6.07, 6.45) is 1.26. The van der Waals surface area contributed by atoms with Gasteiger partial charge in [0.15, 0.2) is 0 Å². The Balaban J connectivity index is -0.00000156. The van der Waals surface area contributed by atoms with E-state index in [-0.39, 0.29) is 156 Å². The molecule has 0 saturated heterocycles. The maximum absolute atomic E-state index is 11.2. The summed E-state index contributed by atoms with van der Waals surface area (Å²) in [7, 11) is 0. The SMILES string of the molecule is O=C([O-])C1CCC(C2CCC(C(=O)[O-])C(C(=O)[O-])C2)CC1C(=O)[O-].[Na+].[Na+].[Na+].[Na+]. The number of rotatable bonds is 5. The van der Waals surface area contributed by atoms with Crippen LogP contribution in [0, 0.1) is 35.5 Å². The van der Waals surface area contributed by atoms with Crippen molar-refractivity contribution in [1.29, 1.82) is 0 Å². The van der Waals surface area contributed by atoms with E-state index >= 15 is 0 Å². The van der Waals surface area contributed by atoms with E-state index in [0.29, 0.717) is 12.8 Å². The number of carbonyl (C=O) groups is 4. The van der Waals surface area contributed by atoms with Gasteiger partial charge < -0.3 is 39.6 Å². The molecule has 6 atom stereocenters. The van der Waals surface area contributed by atoms with Crippen molar-refractivity contribution in [2.75, 3.05) is 0 Å². The topological polar surface area (TPSA) is 161 Å². The summed E-state index contributed by atoms with van der Waals surface area (Å²) in [4.78, 5) is 44.5. The van der Waals surface area contributed by atoms with E-state index in [1.54, 1.807) is 0 Å². The monoisotopic (exact) mass is 430 g/mol. The van der Waals surface area contributed by atoms with Crippen LogP contribution >= 0.6 is 0 Å². The third-order valence-corrected chi connectivity index (χ3v) is 5.66. The Morgan fingerprint density at radius 2 is 0.714 bits per heavy atom. The summed E-state index contributed by atoms with van der Waals surface area (Å²) >= 11 is 0. The third kappa shape index (κ3) is 8.79. The normalized spacial score (nSPS) is 31.4. The Hall–Kier alpha value is 1.88. The van der Waals surface area contributed by atoms with Crippen LogP contribution in [-0.4, -0.2) is 23.9 Å². The Bertz CT molecular complexity index is 511. The summed E-state index contributed by atoms with van der Waals surface area (Å²) in [6, 6.07) is 0. The van der Waals surface area contributed by atoms with Gasteiger partial charge in [-0.25, -0.2) is 0 Å². The second-order valence-electron chi connectivity index (χ2n) is 6.85. The molecule has 0 N–H and O–H groups in total. The van der Waals surface area contributed by atoms with Gasteiger partial charge in [0.1, 0.15) is 0 Å². The first-order valence-electron chi connectivity index (χ1n) is 8.05. The Kier molecular flexibility index (Phi) is 19.3. The molecule has 2 saturated carbocycles. The number of carboxylic acids is 4. The molecule has 8 nitrogen and oxygen atoms in total. The number of carboxylic acid groups (broad SMARTS) is 4. The molecular weight excluding hydrogens is 412 g/mol. The summed E-state index contributed by atoms with van der Waals surface area (Å²) in [5.41, 5.74) is 0. The van der Waals surface area contributed by atoms with Gasteiger partial charge in [-0.05, 0) is 50.4 Å². The standard InChI is InChI=1S/C16H22O8.4Na/c17-13(18)9-3-1-7(5-11(9)15(21)22)8-2-4-10(14(19)20)12(6-8)16(23)24;;;;/h7-12H,1-6H2,(H,17,18)(H,19,20)(H,21,22)(H,23,24);;;;/q;4*+1/p-4. The van der Waals surface area contributed by atoms with Crippen LogP contribution < -0.4 is 139 Å². The Labute approximate surface area is 252 Å². The van der Waals surface area contributed by atoms with Crippen LogP contribution in [0.4, 0.5) is 0 Å². The second-order valence-corrected chi connectivity index (χ2v) is 6.85. The number of aliphatic carboxylic acids is 4. The van der Waals surface area contributed by atoms with E-state index in [2.05, 4.69) is 0 Å². The zero-order valence-corrected chi connectivity index (χ0v) is 25.0. The van der Waals surface area contributed by atoms with Crippen molar-refractivity contribution < 1.29 is 158 Å². The van der Waals surface area contributed by atoms with Crippen molar-refractivity contribution in [3.63, 3.8) is 0 Å². The van der Waals surface area contributed by atoms with Crippen LogP contribution in [0.3, 0.4) is 0 Å². The minimum absolute atomic E-state index is 0. The molecule has 0 aromatic heterocycles.